The molecule has 108 valence electrons. The van der Waals surface area contributed by atoms with Crippen molar-refractivity contribution >= 4 is 24.3 Å². The van der Waals surface area contributed by atoms with Crippen LogP contribution < -0.4 is 11.5 Å². The molecule has 1 aliphatic carbocycles. The minimum atomic E-state index is -0.407. The molecule has 2 aromatic rings. The summed E-state index contributed by atoms with van der Waals surface area (Å²) >= 11 is 0. The van der Waals surface area contributed by atoms with Crippen LogP contribution in [-0.2, 0) is 0 Å². The van der Waals surface area contributed by atoms with Crippen molar-refractivity contribution in [1.29, 1.82) is 0 Å². The maximum atomic E-state index is 11.9. The average Bonchev–Trinajstić information content (AvgIpc) is 2.72. The monoisotopic (exact) mass is 301 g/mol. The highest BCUT2D eigenvalue weighted by Gasteiger charge is 2.25. The summed E-state index contributed by atoms with van der Waals surface area (Å²) in [5.41, 5.74) is 15.8. The molecule has 0 aliphatic heterocycles. The quantitative estimate of drug-likeness (QED) is 0.627. The van der Waals surface area contributed by atoms with Gasteiger partial charge in [0.15, 0.2) is 5.96 Å². The third-order valence-electron chi connectivity index (χ3n) is 3.71. The summed E-state index contributed by atoms with van der Waals surface area (Å²) in [6.45, 7) is 2.14. The number of carbonyl (C=O) groups excluding carboxylic acids is 1. The fourth-order valence-corrected chi connectivity index (χ4v) is 2.77. The first-order valence-electron chi connectivity index (χ1n) is 6.45. The predicted molar refractivity (Wildman–Crippen MR) is 86.8 cm³/mol. The van der Waals surface area contributed by atoms with Gasteiger partial charge in [-0.25, -0.2) is 0 Å². The predicted octanol–water partition coefficient (Wildman–Crippen LogP) is 2.65. The molecule has 3 rings (SSSR count). The van der Waals surface area contributed by atoms with Crippen molar-refractivity contribution in [1.82, 2.24) is 0 Å². The Hall–Kier alpha value is -2.33. The summed E-state index contributed by atoms with van der Waals surface area (Å²) in [4.78, 5) is 15.5. The number of nitrogens with zero attached hydrogens (tertiary/aromatic N) is 1. The average molecular weight is 302 g/mol. The molecular formula is C16H16ClN3O. The number of fused-ring (bicyclic) bond motifs is 3. The molecule has 0 spiro atoms. The summed E-state index contributed by atoms with van der Waals surface area (Å²) in [5, 5.41) is 0. The van der Waals surface area contributed by atoms with Gasteiger partial charge in [0.1, 0.15) is 0 Å². The van der Waals surface area contributed by atoms with E-state index in [2.05, 4.69) is 24.0 Å². The second-order valence-electron chi connectivity index (χ2n) is 4.95. The molecule has 0 fully saturated rings. The highest BCUT2D eigenvalue weighted by atomic mass is 35.5. The summed E-state index contributed by atoms with van der Waals surface area (Å²) < 4.78 is 0. The number of rotatable bonds is 1. The highest BCUT2D eigenvalue weighted by molar-refractivity contribution is 6.02. The van der Waals surface area contributed by atoms with Crippen LogP contribution in [0.5, 0.6) is 0 Å². The van der Waals surface area contributed by atoms with E-state index in [4.69, 9.17) is 11.5 Å². The molecule has 0 saturated heterocycles. The van der Waals surface area contributed by atoms with Crippen LogP contribution in [0.3, 0.4) is 0 Å². The molecule has 5 heteroatoms. The molecule has 1 aliphatic rings. The summed E-state index contributed by atoms with van der Waals surface area (Å²) in [7, 11) is 0. The van der Waals surface area contributed by atoms with E-state index in [1.54, 1.807) is 6.07 Å². The van der Waals surface area contributed by atoms with E-state index in [0.717, 1.165) is 5.56 Å². The number of hydrogen-bond donors (Lipinski definition) is 2. The van der Waals surface area contributed by atoms with E-state index in [-0.39, 0.29) is 24.3 Å². The van der Waals surface area contributed by atoms with Crippen LogP contribution in [0.25, 0.3) is 11.1 Å². The number of guanidine groups is 1. The van der Waals surface area contributed by atoms with Crippen LogP contribution in [0, 0.1) is 0 Å². The molecule has 0 radical (unpaired) electrons. The molecule has 1 amide bonds. The van der Waals surface area contributed by atoms with Crippen molar-refractivity contribution in [3.05, 3.63) is 59.2 Å². The first-order chi connectivity index (χ1) is 9.58. The third-order valence-corrected chi connectivity index (χ3v) is 3.71. The Morgan fingerprint density at radius 1 is 1.05 bits per heavy atom. The van der Waals surface area contributed by atoms with Crippen molar-refractivity contribution in [3.63, 3.8) is 0 Å². The zero-order valence-electron chi connectivity index (χ0n) is 11.5. The smallest absolute Gasteiger partial charge is 0.280 e. The molecule has 0 bridgehead atoms. The third kappa shape index (κ3) is 2.50. The second kappa shape index (κ2) is 5.58. The van der Waals surface area contributed by atoms with E-state index in [9.17, 15) is 4.79 Å². The summed E-state index contributed by atoms with van der Waals surface area (Å²) in [6.07, 6.45) is 0. The second-order valence-corrected chi connectivity index (χ2v) is 4.95. The molecule has 1 unspecified atom stereocenters. The lowest BCUT2D eigenvalue weighted by Crippen LogP contribution is -2.24. The van der Waals surface area contributed by atoms with Gasteiger partial charge in [0.05, 0.1) is 0 Å². The zero-order chi connectivity index (χ0) is 14.3. The highest BCUT2D eigenvalue weighted by Crippen LogP contribution is 2.44. The minimum Gasteiger partial charge on any atom is -0.370 e. The number of carbonyl (C=O) groups is 1. The van der Waals surface area contributed by atoms with Gasteiger partial charge in [-0.1, -0.05) is 37.3 Å². The van der Waals surface area contributed by atoms with E-state index < -0.39 is 5.91 Å². The Labute approximate surface area is 129 Å². The number of aliphatic imine (C=N–C) groups is 1. The first-order valence-corrected chi connectivity index (χ1v) is 6.45. The van der Waals surface area contributed by atoms with E-state index >= 15 is 0 Å². The van der Waals surface area contributed by atoms with Crippen LogP contribution in [0.15, 0.2) is 47.5 Å². The number of benzene rings is 2. The molecule has 0 heterocycles. The first kappa shape index (κ1) is 15.1. The van der Waals surface area contributed by atoms with Gasteiger partial charge in [0.2, 0.25) is 0 Å². The molecule has 1 atom stereocenters. The molecule has 4 nitrogen and oxygen atoms in total. The van der Waals surface area contributed by atoms with Gasteiger partial charge in [-0.15, -0.1) is 12.4 Å². The lowest BCUT2D eigenvalue weighted by atomic mass is 9.98. The standard InChI is InChI=1S/C16H15N3O.ClH/c1-9-11-4-2-3-5-12(11)13-7-6-10(8-14(9)13)15(20)19-16(17)18;/h2-9H,1H3,(H4,17,18,19,20);1H. The van der Waals surface area contributed by atoms with Crippen molar-refractivity contribution in [2.24, 2.45) is 16.5 Å². The van der Waals surface area contributed by atoms with E-state index in [1.165, 1.54) is 16.7 Å². The summed E-state index contributed by atoms with van der Waals surface area (Å²) in [5.74, 6) is -0.351. The maximum absolute atomic E-state index is 11.9. The van der Waals surface area contributed by atoms with Crippen LogP contribution >= 0.6 is 12.4 Å². The maximum Gasteiger partial charge on any atom is 0.280 e. The Morgan fingerprint density at radius 3 is 2.43 bits per heavy atom. The number of halogens is 1. The van der Waals surface area contributed by atoms with Crippen molar-refractivity contribution in [2.45, 2.75) is 12.8 Å². The van der Waals surface area contributed by atoms with Crippen LogP contribution in [0.2, 0.25) is 0 Å². The molecule has 4 N–H and O–H groups in total. The van der Waals surface area contributed by atoms with Gasteiger partial charge < -0.3 is 11.5 Å². The van der Waals surface area contributed by atoms with Gasteiger partial charge in [0, 0.05) is 11.5 Å². The van der Waals surface area contributed by atoms with Crippen LogP contribution in [0.4, 0.5) is 0 Å². The lowest BCUT2D eigenvalue weighted by molar-refractivity contribution is 0.100. The Balaban J connectivity index is 0.00000161. The molecular weight excluding hydrogens is 286 g/mol. The Morgan fingerprint density at radius 2 is 1.71 bits per heavy atom. The van der Waals surface area contributed by atoms with Crippen molar-refractivity contribution < 1.29 is 4.79 Å². The Bertz CT molecular complexity index is 736. The van der Waals surface area contributed by atoms with E-state index in [1.807, 2.05) is 24.3 Å². The number of hydrogen-bond acceptors (Lipinski definition) is 1. The van der Waals surface area contributed by atoms with Crippen molar-refractivity contribution in [2.75, 3.05) is 0 Å². The molecule has 21 heavy (non-hydrogen) atoms. The number of amides is 1. The largest absolute Gasteiger partial charge is 0.370 e. The number of nitrogens with two attached hydrogens (primary N) is 2. The van der Waals surface area contributed by atoms with Gasteiger partial charge in [-0.2, -0.15) is 4.99 Å². The van der Waals surface area contributed by atoms with E-state index in [0.29, 0.717) is 5.56 Å². The Kier molecular flexibility index (Phi) is 4.00. The van der Waals surface area contributed by atoms with Crippen LogP contribution in [0.1, 0.15) is 34.3 Å². The molecule has 0 aromatic heterocycles. The lowest BCUT2D eigenvalue weighted by Gasteiger charge is -2.07. The van der Waals surface area contributed by atoms with Crippen LogP contribution in [-0.4, -0.2) is 11.9 Å². The SMILES string of the molecule is CC1c2ccccc2-c2ccc(C(=O)N=C(N)N)cc21.Cl. The van der Waals surface area contributed by atoms with Gasteiger partial charge in [0.25, 0.3) is 5.91 Å². The van der Waals surface area contributed by atoms with Gasteiger partial charge in [-0.3, -0.25) is 4.79 Å². The minimum absolute atomic E-state index is 0. The normalized spacial score (nSPS) is 14.6. The molecule has 2 aromatic carbocycles. The summed E-state index contributed by atoms with van der Waals surface area (Å²) in [6, 6.07) is 13.9. The topological polar surface area (TPSA) is 81.5 Å². The fourth-order valence-electron chi connectivity index (χ4n) is 2.77. The van der Waals surface area contributed by atoms with Gasteiger partial charge >= 0.3 is 0 Å². The van der Waals surface area contributed by atoms with Gasteiger partial charge in [-0.05, 0) is 34.4 Å². The van der Waals surface area contributed by atoms with Crippen molar-refractivity contribution in [3.8, 4) is 11.1 Å². The zero-order valence-corrected chi connectivity index (χ0v) is 12.4. The fraction of sp³-hybridized carbons (Fsp3) is 0.125. The molecule has 0 saturated carbocycles.